The Hall–Kier alpha value is 3.19. The first-order valence-electron chi connectivity index (χ1n) is 1.90. The molecule has 0 bridgehead atoms. The van der Waals surface area contributed by atoms with Crippen LogP contribution in [-0.2, 0) is 13.9 Å². The van der Waals surface area contributed by atoms with Crippen LogP contribution in [0.25, 0.3) is 0 Å². The first-order valence-corrected chi connectivity index (χ1v) is 7.89. The Labute approximate surface area is 147 Å². The molecule has 0 aliphatic heterocycles. The van der Waals surface area contributed by atoms with Crippen molar-refractivity contribution in [2.45, 2.75) is 5.71 Å². The molecule has 0 aliphatic carbocycles. The maximum Gasteiger partial charge on any atom is 1.00 e. The largest absolute Gasteiger partial charge is 1.00 e. The van der Waals surface area contributed by atoms with Gasteiger partial charge in [0, 0.05) is 6.26 Å². The number of hydrogen-bond donors (Lipinski definition) is 0. The van der Waals surface area contributed by atoms with E-state index in [9.17, 15) is 0 Å². The second-order valence-corrected chi connectivity index (χ2v) is 6.12. The molecule has 0 saturated carbocycles. The Morgan fingerprint density at radius 1 is 1.08 bits per heavy atom. The first kappa shape index (κ1) is 29.8. The van der Waals surface area contributed by atoms with Gasteiger partial charge in [0.1, 0.15) is 0 Å². The monoisotopic (exact) mass is 302 g/mol. The van der Waals surface area contributed by atoms with Crippen LogP contribution >= 0.6 is 0 Å². The third kappa shape index (κ3) is 260. The summed E-state index contributed by atoms with van der Waals surface area (Å²) in [5.74, 6) is 0. The van der Waals surface area contributed by atoms with Gasteiger partial charge in [0.25, 0.3) is 0 Å². The molecule has 0 radical (unpaired) electrons. The maximum absolute atomic E-state index is 9.16. The average molecular weight is 302 g/mol. The van der Waals surface area contributed by atoms with Crippen LogP contribution in [0.5, 0.6) is 0 Å². The topological polar surface area (TPSA) is 120 Å². The summed E-state index contributed by atoms with van der Waals surface area (Å²) in [5.41, 5.74) is 0.693. The van der Waals surface area contributed by atoms with E-state index in [2.05, 4.69) is 0 Å². The van der Waals surface area contributed by atoms with Crippen molar-refractivity contribution in [3.05, 3.63) is 0 Å². The van der Waals surface area contributed by atoms with Crippen molar-refractivity contribution in [3.8, 4) is 0 Å². The van der Waals surface area contributed by atoms with Crippen LogP contribution in [0, 0.1) is 0 Å². The molecule has 0 unspecified atom stereocenters. The molecule has 0 atom stereocenters. The fraction of sp³-hybridized carbons (Fsp3) is 1.00. The molecular formula is C2H6AsNa3O6S. The van der Waals surface area contributed by atoms with E-state index in [1.165, 1.54) is 0 Å². The molecule has 0 amide bonds. The summed E-state index contributed by atoms with van der Waals surface area (Å²) in [6, 6.07) is 0. The minimum Gasteiger partial charge on any atom is 1.00 e. The van der Waals surface area contributed by atoms with Crippen LogP contribution in [0.2, 0.25) is 5.71 Å². The SMILES string of the molecule is CS(=O)(=O)[O-].C[As](=O)([O-])[O-].[Na+].[Na+].[Na+]. The molecule has 0 spiro atoms. The van der Waals surface area contributed by atoms with Gasteiger partial charge in [0.15, 0.2) is 0 Å². The Morgan fingerprint density at radius 2 is 1.08 bits per heavy atom. The second-order valence-electron chi connectivity index (χ2n) is 1.48. The molecule has 0 aliphatic rings. The van der Waals surface area contributed by atoms with E-state index in [4.69, 9.17) is 24.9 Å². The molecule has 0 aromatic carbocycles. The molecule has 6 nitrogen and oxygen atoms in total. The minimum absolute atomic E-state index is 0. The molecule has 13 heavy (non-hydrogen) atoms. The zero-order valence-electron chi connectivity index (χ0n) is 8.30. The molecule has 0 rings (SSSR count). The maximum atomic E-state index is 9.16. The van der Waals surface area contributed by atoms with Crippen molar-refractivity contribution in [1.29, 1.82) is 0 Å². The van der Waals surface area contributed by atoms with Gasteiger partial charge >= 0.3 is 120 Å². The standard InChI is InChI=1S/CH5AsO3.CH4O3S.3Na/c1-2(3,4)5;1-5(2,3)4;;;/h1H3,(H2,3,4,5);1H3,(H,2,3,4);;;/q;;3*+1/p-3. The van der Waals surface area contributed by atoms with Gasteiger partial charge in [-0.25, -0.2) is 8.42 Å². The summed E-state index contributed by atoms with van der Waals surface area (Å²) in [6.45, 7) is 0. The molecule has 0 N–H and O–H groups in total. The van der Waals surface area contributed by atoms with Crippen molar-refractivity contribution >= 4 is 24.3 Å². The average Bonchev–Trinajstić information content (AvgIpc) is 1.12. The molecule has 0 heterocycles. The van der Waals surface area contributed by atoms with Gasteiger partial charge in [-0.2, -0.15) is 0 Å². The van der Waals surface area contributed by atoms with Gasteiger partial charge < -0.3 is 4.55 Å². The summed E-state index contributed by atoms with van der Waals surface area (Å²) in [7, 11) is -3.92. The van der Waals surface area contributed by atoms with Gasteiger partial charge in [-0.15, -0.1) is 0 Å². The van der Waals surface area contributed by atoms with E-state index in [0.717, 1.165) is 0 Å². The van der Waals surface area contributed by atoms with E-state index < -0.39 is 24.3 Å². The summed E-state index contributed by atoms with van der Waals surface area (Å²) in [4.78, 5) is 0. The molecular weight excluding hydrogens is 296 g/mol. The summed E-state index contributed by atoms with van der Waals surface area (Å²) < 4.78 is 54.7. The predicted octanol–water partition coefficient (Wildman–Crippen LogP) is -12.1. The molecule has 11 heteroatoms. The summed E-state index contributed by atoms with van der Waals surface area (Å²) in [5, 5.41) is 0. The fourth-order valence-electron chi connectivity index (χ4n) is 0. The van der Waals surface area contributed by atoms with Crippen molar-refractivity contribution in [2.24, 2.45) is 0 Å². The zero-order valence-corrected chi connectivity index (χ0v) is 17.0. The quantitative estimate of drug-likeness (QED) is 0.323. The van der Waals surface area contributed by atoms with Crippen LogP contribution < -0.4 is 96.9 Å². The van der Waals surface area contributed by atoms with Crippen LogP contribution in [0.15, 0.2) is 0 Å². The van der Waals surface area contributed by atoms with Crippen LogP contribution in [-0.4, -0.2) is 33.4 Å². The van der Waals surface area contributed by atoms with E-state index in [1.807, 2.05) is 0 Å². The minimum atomic E-state index is -4.62. The smallest absolute Gasteiger partial charge is 1.00 e. The third-order valence-corrected chi connectivity index (χ3v) is 0. The summed E-state index contributed by atoms with van der Waals surface area (Å²) >= 11 is -4.62. The predicted molar refractivity (Wildman–Crippen MR) is 27.9 cm³/mol. The Kier molecular flexibility index (Phi) is 30.4. The second kappa shape index (κ2) is 13.3. The molecule has 0 aromatic heterocycles. The van der Waals surface area contributed by atoms with Crippen molar-refractivity contribution in [1.82, 2.24) is 0 Å². The van der Waals surface area contributed by atoms with Crippen molar-refractivity contribution in [3.63, 3.8) is 0 Å². The molecule has 0 aromatic rings. The molecule has 64 valence electrons. The van der Waals surface area contributed by atoms with Crippen LogP contribution in [0.4, 0.5) is 0 Å². The summed E-state index contributed by atoms with van der Waals surface area (Å²) in [6.07, 6.45) is 0.604. The van der Waals surface area contributed by atoms with Crippen molar-refractivity contribution in [2.75, 3.05) is 6.26 Å². The Balaban J connectivity index is -0.0000000267. The van der Waals surface area contributed by atoms with Gasteiger partial charge in [-0.05, 0) is 0 Å². The zero-order chi connectivity index (χ0) is 9.00. The van der Waals surface area contributed by atoms with Crippen molar-refractivity contribution < 1.29 is 114 Å². The third-order valence-electron chi connectivity index (χ3n) is 0. The number of hydrogen-bond acceptors (Lipinski definition) is 6. The molecule has 0 fully saturated rings. The van der Waals surface area contributed by atoms with Crippen LogP contribution in [0.3, 0.4) is 0 Å². The molecule has 0 saturated heterocycles. The van der Waals surface area contributed by atoms with E-state index in [-0.39, 0.29) is 88.7 Å². The van der Waals surface area contributed by atoms with E-state index in [0.29, 0.717) is 12.0 Å². The van der Waals surface area contributed by atoms with Gasteiger partial charge in [0.05, 0.1) is 10.1 Å². The Morgan fingerprint density at radius 3 is 1.08 bits per heavy atom. The van der Waals surface area contributed by atoms with Gasteiger partial charge in [-0.3, -0.25) is 0 Å². The van der Waals surface area contributed by atoms with Crippen LogP contribution in [0.1, 0.15) is 0 Å². The van der Waals surface area contributed by atoms with Gasteiger partial charge in [0.2, 0.25) is 0 Å². The van der Waals surface area contributed by atoms with E-state index in [1.54, 1.807) is 0 Å². The Bertz CT molecular complexity index is 204. The normalized spacial score (nSPS) is 9.00. The van der Waals surface area contributed by atoms with Gasteiger partial charge in [-0.1, -0.05) is 0 Å². The number of rotatable bonds is 0. The first-order chi connectivity index (χ1) is 4.00. The fourth-order valence-corrected chi connectivity index (χ4v) is 0. The van der Waals surface area contributed by atoms with E-state index >= 15 is 0 Å².